The summed E-state index contributed by atoms with van der Waals surface area (Å²) in [6, 6.07) is 14.6. The van der Waals surface area contributed by atoms with E-state index in [0.29, 0.717) is 0 Å². The molecule has 270 valence electrons. The van der Waals surface area contributed by atoms with Gasteiger partial charge in [0.1, 0.15) is 0 Å². The number of nitrogens with zero attached hydrogens (tertiary/aromatic N) is 2. The van der Waals surface area contributed by atoms with Gasteiger partial charge in [0.25, 0.3) is 0 Å². The van der Waals surface area contributed by atoms with E-state index in [9.17, 15) is 5.53 Å². The van der Waals surface area contributed by atoms with E-state index in [1.807, 2.05) is 0 Å². The minimum atomic E-state index is 0. The summed E-state index contributed by atoms with van der Waals surface area (Å²) < 4.78 is 1.66. The number of benzene rings is 2. The first kappa shape index (κ1) is 42.2. The van der Waals surface area contributed by atoms with E-state index in [4.69, 9.17) is 0 Å². The summed E-state index contributed by atoms with van der Waals surface area (Å²) in [5.41, 5.74) is 25.6. The van der Waals surface area contributed by atoms with Gasteiger partial charge in [0.2, 0.25) is 11.4 Å². The second-order valence-electron chi connectivity index (χ2n) is 14.4. The van der Waals surface area contributed by atoms with Crippen molar-refractivity contribution in [2.75, 3.05) is 0 Å². The Labute approximate surface area is 307 Å². The zero-order valence-electron chi connectivity index (χ0n) is 31.9. The molecule has 0 bridgehead atoms. The molecule has 0 atom stereocenters. The predicted octanol–water partition coefficient (Wildman–Crippen LogP) is 14.6. The largest absolute Gasteiger partial charge is 0.493 e. The average Bonchev–Trinajstić information content (AvgIpc) is 3.36. The van der Waals surface area contributed by atoms with Crippen LogP contribution in [0.5, 0.6) is 0 Å². The minimum absolute atomic E-state index is 0. The second kappa shape index (κ2) is 24.2. The molecule has 3 rings (SSSR count). The first-order valence-corrected chi connectivity index (χ1v) is 20.2. The van der Waals surface area contributed by atoms with Gasteiger partial charge in [-0.05, 0) is 124 Å². The smallest absolute Gasteiger partial charge is 0.211 e. The Bertz CT molecular complexity index is 1300. The summed E-state index contributed by atoms with van der Waals surface area (Å²) in [5, 5.41) is 0. The maximum absolute atomic E-state index is 12.5. The fraction of sp³-hybridized carbons (Fsp3) is 0.644. The molecule has 0 aliphatic carbocycles. The molecule has 0 aromatic heterocycles. The van der Waals surface area contributed by atoms with Crippen molar-refractivity contribution in [1.29, 1.82) is 0 Å². The number of rotatable bonds is 25. The van der Waals surface area contributed by atoms with Gasteiger partial charge >= 0.3 is 0 Å². The molecule has 48 heavy (non-hydrogen) atoms. The average molecular weight is 698 g/mol. The molecule has 2 nitrogen and oxygen atoms in total. The molecule has 0 fully saturated rings. The summed E-state index contributed by atoms with van der Waals surface area (Å²) in [6.45, 7) is 13.8. The fourth-order valence-corrected chi connectivity index (χ4v) is 7.34. The van der Waals surface area contributed by atoms with Crippen LogP contribution >= 0.6 is 0 Å². The van der Waals surface area contributed by atoms with E-state index in [2.05, 4.69) is 77.9 Å². The molecule has 0 unspecified atom stereocenters. The fourth-order valence-electron chi connectivity index (χ4n) is 7.34. The number of unbranched alkanes of at least 4 members (excludes halogenated alkanes) is 11. The minimum Gasteiger partial charge on any atom is -0.493 e. The Morgan fingerprint density at radius 3 is 1.04 bits per heavy atom. The van der Waals surface area contributed by atoms with Crippen molar-refractivity contribution >= 4 is 11.4 Å². The van der Waals surface area contributed by atoms with E-state index >= 15 is 0 Å². The first-order chi connectivity index (χ1) is 23.0. The Morgan fingerprint density at radius 2 is 0.667 bits per heavy atom. The third kappa shape index (κ3) is 13.0. The zero-order valence-corrected chi connectivity index (χ0v) is 32.9. The Hall–Kier alpha value is -1.99. The van der Waals surface area contributed by atoms with Gasteiger partial charge in [0, 0.05) is 38.8 Å². The summed E-state index contributed by atoms with van der Waals surface area (Å²) in [5.74, 6) is 0. The molecule has 1 aliphatic heterocycles. The molecule has 0 amide bonds. The van der Waals surface area contributed by atoms with Crippen LogP contribution in [0.2, 0.25) is 0 Å². The van der Waals surface area contributed by atoms with Gasteiger partial charge in [-0.3, -0.25) is 0 Å². The van der Waals surface area contributed by atoms with Crippen LogP contribution < -0.4 is 0 Å². The van der Waals surface area contributed by atoms with E-state index in [1.54, 1.807) is 4.70 Å². The standard InChI is InChI=1S/C45H70N2.Ni/c1-7-13-19-22-26-38-30-36(24-16-10-4)32-40(34-38)44-42(28-18-12-6)43(29-21-15-9-3)45(47(44)46)41-33-37(25-17-11-5)31-39(35-41)27-23-20-14-8-2;/h30-35H,7-29H2,1-6H3;. The van der Waals surface area contributed by atoms with Gasteiger partial charge < -0.3 is 5.53 Å². The van der Waals surface area contributed by atoms with Crippen molar-refractivity contribution in [2.24, 2.45) is 0 Å². The predicted molar refractivity (Wildman–Crippen MR) is 207 cm³/mol. The molecular weight excluding hydrogens is 627 g/mol. The number of allylic oxidation sites excluding steroid dienone is 2. The number of aryl methyl sites for hydroxylation is 4. The van der Waals surface area contributed by atoms with Crippen LogP contribution in [-0.4, -0.2) is 4.70 Å². The second-order valence-corrected chi connectivity index (χ2v) is 14.4. The van der Waals surface area contributed by atoms with Crippen LogP contribution in [0.15, 0.2) is 47.5 Å². The van der Waals surface area contributed by atoms with Crippen LogP contribution in [-0.2, 0) is 42.2 Å². The third-order valence-electron chi connectivity index (χ3n) is 10.1. The summed E-state index contributed by atoms with van der Waals surface area (Å²) in [6.07, 6.45) is 27.5. The van der Waals surface area contributed by atoms with Gasteiger partial charge in [-0.15, -0.1) is 0 Å². The third-order valence-corrected chi connectivity index (χ3v) is 10.1. The van der Waals surface area contributed by atoms with Crippen LogP contribution in [0.25, 0.3) is 16.9 Å². The number of hydrogen-bond donors (Lipinski definition) is 0. The molecule has 1 heterocycles. The van der Waals surface area contributed by atoms with E-state index < -0.39 is 0 Å². The molecule has 2 aromatic rings. The molecule has 2 aromatic carbocycles. The SMILES string of the molecule is CCCCCCc1cc(CCCC)cc(C2=C(CCCC)C(CCCCC)=C(c3cc(CCCC)cc(CCCCCC)c3)[N+]2=[N-])c1.[Ni]. The Kier molecular flexibility index (Phi) is 21.3. The molecule has 0 spiro atoms. The van der Waals surface area contributed by atoms with Gasteiger partial charge in [0.05, 0.1) is 0 Å². The maximum atomic E-state index is 12.5. The van der Waals surface area contributed by atoms with Crippen molar-refractivity contribution in [3.63, 3.8) is 0 Å². The molecule has 3 heteroatoms. The van der Waals surface area contributed by atoms with Crippen LogP contribution in [0.1, 0.15) is 197 Å². The maximum Gasteiger partial charge on any atom is 0.211 e. The summed E-state index contributed by atoms with van der Waals surface area (Å²) >= 11 is 0. The Morgan fingerprint density at radius 1 is 0.375 bits per heavy atom. The van der Waals surface area contributed by atoms with Gasteiger partial charge in [-0.1, -0.05) is 124 Å². The number of hydrogen-bond acceptors (Lipinski definition) is 0. The topological polar surface area (TPSA) is 25.3 Å². The van der Waals surface area contributed by atoms with Crippen molar-refractivity contribution in [3.8, 4) is 0 Å². The van der Waals surface area contributed by atoms with E-state index in [-0.39, 0.29) is 16.5 Å². The molecule has 0 N–H and O–H groups in total. The molecule has 0 saturated heterocycles. The monoisotopic (exact) mass is 696 g/mol. The van der Waals surface area contributed by atoms with E-state index in [0.717, 1.165) is 62.8 Å². The van der Waals surface area contributed by atoms with Gasteiger partial charge in [-0.2, -0.15) is 0 Å². The van der Waals surface area contributed by atoms with Gasteiger partial charge in [0.15, 0.2) is 0 Å². The molecule has 1 aliphatic rings. The molecule has 0 radical (unpaired) electrons. The molecule has 0 saturated carbocycles. The summed E-state index contributed by atoms with van der Waals surface area (Å²) in [4.78, 5) is 0. The van der Waals surface area contributed by atoms with Crippen molar-refractivity contribution in [3.05, 3.63) is 86.5 Å². The quantitative estimate of drug-likeness (QED) is 0.0561. The van der Waals surface area contributed by atoms with E-state index in [1.165, 1.54) is 141 Å². The van der Waals surface area contributed by atoms with Crippen molar-refractivity contribution in [1.82, 2.24) is 0 Å². The van der Waals surface area contributed by atoms with Crippen LogP contribution in [0.3, 0.4) is 0 Å². The Balaban J connectivity index is 0.00000800. The van der Waals surface area contributed by atoms with Crippen LogP contribution in [0.4, 0.5) is 0 Å². The van der Waals surface area contributed by atoms with Gasteiger partial charge in [-0.25, -0.2) is 4.70 Å². The van der Waals surface area contributed by atoms with Crippen molar-refractivity contribution in [2.45, 2.75) is 189 Å². The zero-order chi connectivity index (χ0) is 33.9. The molecular formula is C45H70N2Ni. The normalized spacial score (nSPS) is 13.2. The first-order valence-electron chi connectivity index (χ1n) is 20.2. The van der Waals surface area contributed by atoms with Crippen LogP contribution in [0, 0.1) is 0 Å². The summed E-state index contributed by atoms with van der Waals surface area (Å²) in [7, 11) is 0. The van der Waals surface area contributed by atoms with Crippen molar-refractivity contribution < 1.29 is 21.2 Å².